The van der Waals surface area contributed by atoms with Gasteiger partial charge in [-0.1, -0.05) is 25.3 Å². The van der Waals surface area contributed by atoms with Crippen LogP contribution in [0.2, 0.25) is 0 Å². The van der Waals surface area contributed by atoms with Crippen molar-refractivity contribution in [3.05, 3.63) is 35.4 Å². The van der Waals surface area contributed by atoms with E-state index in [9.17, 15) is 14.7 Å². The van der Waals surface area contributed by atoms with Gasteiger partial charge in [-0.05, 0) is 31.0 Å². The van der Waals surface area contributed by atoms with Crippen molar-refractivity contribution < 1.29 is 14.7 Å². The molecule has 1 aromatic rings. The van der Waals surface area contributed by atoms with E-state index in [0.29, 0.717) is 11.1 Å². The Morgan fingerprint density at radius 2 is 1.82 bits per heavy atom. The fraction of sp³-hybridized carbons (Fsp3) is 0.529. The third-order valence-electron chi connectivity index (χ3n) is 4.32. The summed E-state index contributed by atoms with van der Waals surface area (Å²) in [7, 11) is 1.56. The van der Waals surface area contributed by atoms with Crippen LogP contribution in [-0.4, -0.2) is 36.6 Å². The topological polar surface area (TPSA) is 78.4 Å². The van der Waals surface area contributed by atoms with Gasteiger partial charge in [-0.25, -0.2) is 0 Å². The molecule has 22 heavy (non-hydrogen) atoms. The number of hydrogen-bond donors (Lipinski definition) is 3. The maximum absolute atomic E-state index is 12.4. The first-order valence-electron chi connectivity index (χ1n) is 7.89. The van der Waals surface area contributed by atoms with Crippen LogP contribution in [0.3, 0.4) is 0 Å². The van der Waals surface area contributed by atoms with Crippen molar-refractivity contribution in [1.82, 2.24) is 10.6 Å². The number of carbonyl (C=O) groups excluding carboxylic acids is 2. The molecule has 120 valence electrons. The molecule has 0 bridgehead atoms. The quantitative estimate of drug-likeness (QED) is 0.741. The van der Waals surface area contributed by atoms with Crippen LogP contribution in [0.4, 0.5) is 0 Å². The summed E-state index contributed by atoms with van der Waals surface area (Å²) in [5.41, 5.74) is 0.941. The Kier molecular flexibility index (Phi) is 5.95. The zero-order chi connectivity index (χ0) is 15.9. The summed E-state index contributed by atoms with van der Waals surface area (Å²) in [6.07, 6.45) is 5.16. The molecule has 0 saturated heterocycles. The summed E-state index contributed by atoms with van der Waals surface area (Å²) in [5, 5.41) is 15.1. The molecule has 2 rings (SSSR count). The van der Waals surface area contributed by atoms with Crippen LogP contribution in [0.5, 0.6) is 0 Å². The van der Waals surface area contributed by atoms with Crippen LogP contribution in [0.15, 0.2) is 24.3 Å². The lowest BCUT2D eigenvalue weighted by Crippen LogP contribution is -2.41. The van der Waals surface area contributed by atoms with E-state index >= 15 is 0 Å². The normalized spacial score (nSPS) is 21.7. The molecule has 1 aliphatic carbocycles. The number of nitrogens with one attached hydrogen (secondary N) is 2. The fourth-order valence-electron chi connectivity index (χ4n) is 2.99. The predicted octanol–water partition coefficient (Wildman–Crippen LogP) is 1.72. The zero-order valence-corrected chi connectivity index (χ0v) is 13.0. The van der Waals surface area contributed by atoms with Gasteiger partial charge in [-0.15, -0.1) is 0 Å². The minimum Gasteiger partial charge on any atom is -0.396 e. The lowest BCUT2D eigenvalue weighted by Gasteiger charge is -2.24. The van der Waals surface area contributed by atoms with Gasteiger partial charge < -0.3 is 15.7 Å². The van der Waals surface area contributed by atoms with E-state index in [1.807, 2.05) is 0 Å². The zero-order valence-electron chi connectivity index (χ0n) is 13.0. The Morgan fingerprint density at radius 1 is 1.14 bits per heavy atom. The number of aliphatic hydroxyl groups excluding tert-OH is 1. The van der Waals surface area contributed by atoms with Gasteiger partial charge in [0, 0.05) is 36.7 Å². The van der Waals surface area contributed by atoms with E-state index in [1.54, 1.807) is 31.3 Å². The number of amides is 2. The minimum absolute atomic E-state index is 0.00339. The lowest BCUT2D eigenvalue weighted by molar-refractivity contribution is 0.0899. The number of benzene rings is 1. The van der Waals surface area contributed by atoms with Crippen LogP contribution in [0.1, 0.15) is 52.8 Å². The summed E-state index contributed by atoms with van der Waals surface area (Å²) < 4.78 is 0. The second kappa shape index (κ2) is 7.94. The average Bonchev–Trinajstić information content (AvgIpc) is 2.79. The molecule has 5 nitrogen and oxygen atoms in total. The molecule has 0 heterocycles. The summed E-state index contributed by atoms with van der Waals surface area (Å²) in [6, 6.07) is 6.68. The molecule has 1 aromatic carbocycles. The van der Waals surface area contributed by atoms with Crippen molar-refractivity contribution >= 4 is 11.8 Å². The predicted molar refractivity (Wildman–Crippen MR) is 84.7 cm³/mol. The monoisotopic (exact) mass is 304 g/mol. The minimum atomic E-state index is -0.211. The van der Waals surface area contributed by atoms with E-state index in [-0.39, 0.29) is 30.4 Å². The third kappa shape index (κ3) is 4.07. The number of carbonyl (C=O) groups is 2. The number of aliphatic hydroxyl groups is 1. The van der Waals surface area contributed by atoms with E-state index in [2.05, 4.69) is 10.6 Å². The Labute approximate surface area is 131 Å². The molecule has 1 fully saturated rings. The van der Waals surface area contributed by atoms with E-state index in [0.717, 1.165) is 32.1 Å². The van der Waals surface area contributed by atoms with Crippen LogP contribution >= 0.6 is 0 Å². The smallest absolute Gasteiger partial charge is 0.251 e. The highest BCUT2D eigenvalue weighted by Crippen LogP contribution is 2.23. The molecule has 3 N–H and O–H groups in total. The molecule has 2 amide bonds. The summed E-state index contributed by atoms with van der Waals surface area (Å²) >= 11 is 0. The van der Waals surface area contributed by atoms with Crippen molar-refractivity contribution in [2.75, 3.05) is 13.7 Å². The van der Waals surface area contributed by atoms with Gasteiger partial charge in [-0.3, -0.25) is 9.59 Å². The van der Waals surface area contributed by atoms with Crippen LogP contribution in [0, 0.1) is 5.92 Å². The first-order chi connectivity index (χ1) is 10.7. The van der Waals surface area contributed by atoms with Crippen molar-refractivity contribution in [2.24, 2.45) is 5.92 Å². The van der Waals surface area contributed by atoms with E-state index in [1.165, 1.54) is 0 Å². The maximum atomic E-state index is 12.4. The third-order valence-corrected chi connectivity index (χ3v) is 4.32. The number of rotatable bonds is 4. The molecule has 0 radical (unpaired) electrons. The van der Waals surface area contributed by atoms with E-state index < -0.39 is 0 Å². The molecule has 1 saturated carbocycles. The molecule has 0 aliphatic heterocycles. The molecular weight excluding hydrogens is 280 g/mol. The molecule has 2 atom stereocenters. The van der Waals surface area contributed by atoms with Crippen LogP contribution in [0.25, 0.3) is 0 Å². The molecule has 5 heteroatoms. The molecule has 2 unspecified atom stereocenters. The first-order valence-corrected chi connectivity index (χ1v) is 7.89. The highest BCUT2D eigenvalue weighted by Gasteiger charge is 2.25. The second-order valence-corrected chi connectivity index (χ2v) is 5.82. The Morgan fingerprint density at radius 3 is 2.50 bits per heavy atom. The largest absolute Gasteiger partial charge is 0.396 e. The summed E-state index contributed by atoms with van der Waals surface area (Å²) in [4.78, 5) is 24.1. The van der Waals surface area contributed by atoms with Gasteiger partial charge >= 0.3 is 0 Å². The van der Waals surface area contributed by atoms with Gasteiger partial charge in [-0.2, -0.15) is 0 Å². The standard InChI is InChI=1S/C17H24N2O3/c1-18-16(21)12-7-5-8-13(10-12)17(22)19-15-9-4-2-3-6-14(15)11-20/h5,7-8,10,14-15,20H,2-4,6,9,11H2,1H3,(H,18,21)(H,19,22). The summed E-state index contributed by atoms with van der Waals surface area (Å²) in [6.45, 7) is 0.100. The Hall–Kier alpha value is -1.88. The van der Waals surface area contributed by atoms with Crippen molar-refractivity contribution in [3.63, 3.8) is 0 Å². The summed E-state index contributed by atoms with van der Waals surface area (Å²) in [5.74, 6) is -0.276. The molecule has 1 aliphatic rings. The fourth-order valence-corrected chi connectivity index (χ4v) is 2.99. The average molecular weight is 304 g/mol. The van der Waals surface area contributed by atoms with Crippen molar-refractivity contribution in [3.8, 4) is 0 Å². The van der Waals surface area contributed by atoms with E-state index in [4.69, 9.17) is 0 Å². The van der Waals surface area contributed by atoms with Gasteiger partial charge in [0.1, 0.15) is 0 Å². The van der Waals surface area contributed by atoms with Gasteiger partial charge in [0.25, 0.3) is 11.8 Å². The second-order valence-electron chi connectivity index (χ2n) is 5.82. The number of hydrogen-bond acceptors (Lipinski definition) is 3. The lowest BCUT2D eigenvalue weighted by atomic mass is 9.95. The highest BCUT2D eigenvalue weighted by atomic mass is 16.3. The Balaban J connectivity index is 2.09. The first kappa shape index (κ1) is 16.5. The van der Waals surface area contributed by atoms with Gasteiger partial charge in [0.2, 0.25) is 0 Å². The highest BCUT2D eigenvalue weighted by molar-refractivity contribution is 5.99. The van der Waals surface area contributed by atoms with Gasteiger partial charge in [0.05, 0.1) is 0 Å². The van der Waals surface area contributed by atoms with Crippen LogP contribution in [-0.2, 0) is 0 Å². The Bertz CT molecular complexity index is 530. The van der Waals surface area contributed by atoms with Crippen LogP contribution < -0.4 is 10.6 Å². The van der Waals surface area contributed by atoms with Crippen molar-refractivity contribution in [2.45, 2.75) is 38.1 Å². The molecular formula is C17H24N2O3. The molecule has 0 aromatic heterocycles. The maximum Gasteiger partial charge on any atom is 0.251 e. The van der Waals surface area contributed by atoms with Crippen molar-refractivity contribution in [1.29, 1.82) is 0 Å². The molecule has 0 spiro atoms. The SMILES string of the molecule is CNC(=O)c1cccc(C(=O)NC2CCCCCC2CO)c1. The van der Waals surface area contributed by atoms with Gasteiger partial charge in [0.15, 0.2) is 0 Å².